The minimum absolute atomic E-state index is 0.352. The first-order chi connectivity index (χ1) is 8.35. The summed E-state index contributed by atoms with van der Waals surface area (Å²) < 4.78 is 18.3. The lowest BCUT2D eigenvalue weighted by molar-refractivity contribution is 0.0636. The van der Waals surface area contributed by atoms with Gasteiger partial charge in [-0.3, -0.25) is 5.32 Å². The molecule has 0 aliphatic rings. The number of hydrogen-bond acceptors (Lipinski definition) is 2. The van der Waals surface area contributed by atoms with Crippen molar-refractivity contribution in [3.8, 4) is 0 Å². The average molecular weight is 250 g/mol. The van der Waals surface area contributed by atoms with Crippen LogP contribution in [0.5, 0.6) is 0 Å². The van der Waals surface area contributed by atoms with Gasteiger partial charge in [-0.2, -0.15) is 0 Å². The van der Waals surface area contributed by atoms with Crippen LogP contribution in [0.15, 0.2) is 24.4 Å². The maximum Gasteiger partial charge on any atom is 0.412 e. The first kappa shape index (κ1) is 12.4. The van der Waals surface area contributed by atoms with Gasteiger partial charge in [0.15, 0.2) is 0 Å². The zero-order chi connectivity index (χ0) is 13.3. The van der Waals surface area contributed by atoms with Gasteiger partial charge in [0.25, 0.3) is 0 Å². The van der Waals surface area contributed by atoms with Crippen LogP contribution in [0.4, 0.5) is 14.9 Å². The quantitative estimate of drug-likeness (QED) is 0.811. The zero-order valence-corrected chi connectivity index (χ0v) is 10.5. The number of benzene rings is 1. The van der Waals surface area contributed by atoms with Crippen LogP contribution in [0.2, 0.25) is 0 Å². The highest BCUT2D eigenvalue weighted by atomic mass is 19.1. The second-order valence-electron chi connectivity index (χ2n) is 5.02. The molecule has 96 valence electrons. The fourth-order valence-electron chi connectivity index (χ4n) is 1.61. The molecule has 0 aliphatic heterocycles. The largest absolute Gasteiger partial charge is 0.444 e. The molecule has 5 heteroatoms. The van der Waals surface area contributed by atoms with Crippen molar-refractivity contribution in [2.75, 3.05) is 5.32 Å². The van der Waals surface area contributed by atoms with E-state index in [4.69, 9.17) is 4.74 Å². The van der Waals surface area contributed by atoms with E-state index >= 15 is 0 Å². The molecule has 18 heavy (non-hydrogen) atoms. The third-order valence-corrected chi connectivity index (χ3v) is 2.28. The standard InChI is InChI=1S/C13H15FN2O2/c1-13(2,3)18-12(17)16-11-7-15-10-5-4-8(14)6-9(10)11/h4-7,15H,1-3H3,(H,16,17). The maximum absolute atomic E-state index is 13.1. The van der Waals surface area contributed by atoms with E-state index in [0.29, 0.717) is 11.1 Å². The fraction of sp³-hybridized carbons (Fsp3) is 0.308. The maximum atomic E-state index is 13.1. The Morgan fingerprint density at radius 1 is 1.39 bits per heavy atom. The minimum atomic E-state index is -0.568. The number of fused-ring (bicyclic) bond motifs is 1. The number of hydrogen-bond donors (Lipinski definition) is 2. The van der Waals surface area contributed by atoms with Crippen molar-refractivity contribution in [2.24, 2.45) is 0 Å². The molecule has 4 nitrogen and oxygen atoms in total. The van der Waals surface area contributed by atoms with Crippen molar-refractivity contribution in [1.82, 2.24) is 4.98 Å². The molecule has 1 aromatic heterocycles. The number of rotatable bonds is 1. The van der Waals surface area contributed by atoms with Crippen LogP contribution in [-0.4, -0.2) is 16.7 Å². The third kappa shape index (κ3) is 2.80. The van der Waals surface area contributed by atoms with Crippen LogP contribution >= 0.6 is 0 Å². The van der Waals surface area contributed by atoms with Crippen LogP contribution < -0.4 is 5.32 Å². The van der Waals surface area contributed by atoms with Gasteiger partial charge in [-0.05, 0) is 39.0 Å². The van der Waals surface area contributed by atoms with Gasteiger partial charge in [-0.1, -0.05) is 0 Å². The number of amides is 1. The molecule has 0 fully saturated rings. The van der Waals surface area contributed by atoms with Gasteiger partial charge in [0.2, 0.25) is 0 Å². The van der Waals surface area contributed by atoms with E-state index in [1.807, 2.05) is 0 Å². The number of carbonyl (C=O) groups is 1. The first-order valence-electron chi connectivity index (χ1n) is 5.62. The average Bonchev–Trinajstić information content (AvgIpc) is 2.58. The number of halogens is 1. The molecular weight excluding hydrogens is 235 g/mol. The first-order valence-corrected chi connectivity index (χ1v) is 5.62. The number of aromatic nitrogens is 1. The van der Waals surface area contributed by atoms with Gasteiger partial charge in [-0.15, -0.1) is 0 Å². The summed E-state index contributed by atoms with van der Waals surface area (Å²) >= 11 is 0. The summed E-state index contributed by atoms with van der Waals surface area (Å²) in [5.41, 5.74) is 0.683. The normalized spacial score (nSPS) is 11.6. The number of ether oxygens (including phenoxy) is 1. The lowest BCUT2D eigenvalue weighted by atomic mass is 10.2. The summed E-state index contributed by atoms with van der Waals surface area (Å²) in [4.78, 5) is 14.6. The van der Waals surface area contributed by atoms with Crippen molar-refractivity contribution < 1.29 is 13.9 Å². The molecular formula is C13H15FN2O2. The molecule has 0 spiro atoms. The number of nitrogens with one attached hydrogen (secondary N) is 2. The van der Waals surface area contributed by atoms with Crippen molar-refractivity contribution in [1.29, 1.82) is 0 Å². The van der Waals surface area contributed by atoms with E-state index in [0.717, 1.165) is 5.52 Å². The molecule has 0 bridgehead atoms. The topological polar surface area (TPSA) is 54.1 Å². The van der Waals surface area contributed by atoms with Crippen LogP contribution in [0.25, 0.3) is 10.9 Å². The molecule has 0 saturated heterocycles. The summed E-state index contributed by atoms with van der Waals surface area (Å²) in [5.74, 6) is -0.352. The Hall–Kier alpha value is -2.04. The van der Waals surface area contributed by atoms with Gasteiger partial charge in [-0.25, -0.2) is 9.18 Å². The zero-order valence-electron chi connectivity index (χ0n) is 10.5. The third-order valence-electron chi connectivity index (χ3n) is 2.28. The molecule has 1 heterocycles. The van der Waals surface area contributed by atoms with Crippen molar-refractivity contribution in [2.45, 2.75) is 26.4 Å². The Morgan fingerprint density at radius 2 is 2.11 bits per heavy atom. The highest BCUT2D eigenvalue weighted by molar-refractivity contribution is 5.99. The molecule has 2 aromatic rings. The number of H-pyrrole nitrogens is 1. The summed E-state index contributed by atoms with van der Waals surface area (Å²) in [7, 11) is 0. The molecule has 0 unspecified atom stereocenters. The van der Waals surface area contributed by atoms with Gasteiger partial charge in [0.1, 0.15) is 11.4 Å². The molecule has 2 rings (SSSR count). The minimum Gasteiger partial charge on any atom is -0.444 e. The van der Waals surface area contributed by atoms with Crippen LogP contribution in [-0.2, 0) is 4.74 Å². The monoisotopic (exact) mass is 250 g/mol. The van der Waals surface area contributed by atoms with Crippen molar-refractivity contribution >= 4 is 22.7 Å². The Labute approximate surface area is 104 Å². The van der Waals surface area contributed by atoms with Crippen molar-refractivity contribution in [3.05, 3.63) is 30.2 Å². The molecule has 1 amide bonds. The van der Waals surface area contributed by atoms with E-state index in [1.165, 1.54) is 12.1 Å². The Bertz CT molecular complexity index is 584. The molecule has 0 radical (unpaired) electrons. The molecule has 1 aromatic carbocycles. The highest BCUT2D eigenvalue weighted by Crippen LogP contribution is 2.24. The second kappa shape index (κ2) is 4.33. The van der Waals surface area contributed by atoms with Gasteiger partial charge >= 0.3 is 6.09 Å². The fourth-order valence-corrected chi connectivity index (χ4v) is 1.61. The Kier molecular flexibility index (Phi) is 2.98. The molecule has 0 aliphatic carbocycles. The lowest BCUT2D eigenvalue weighted by Crippen LogP contribution is -2.27. The predicted molar refractivity (Wildman–Crippen MR) is 68.1 cm³/mol. The van der Waals surface area contributed by atoms with E-state index in [2.05, 4.69) is 10.3 Å². The van der Waals surface area contributed by atoms with Crippen LogP contribution in [0, 0.1) is 5.82 Å². The number of carbonyl (C=O) groups excluding carboxylic acids is 1. The Morgan fingerprint density at radius 3 is 2.78 bits per heavy atom. The Balaban J connectivity index is 2.22. The predicted octanol–water partition coefficient (Wildman–Crippen LogP) is 3.65. The molecule has 2 N–H and O–H groups in total. The van der Waals surface area contributed by atoms with Gasteiger partial charge < -0.3 is 9.72 Å². The summed E-state index contributed by atoms with van der Waals surface area (Å²) in [6.45, 7) is 5.34. The molecule has 0 atom stereocenters. The smallest absolute Gasteiger partial charge is 0.412 e. The lowest BCUT2D eigenvalue weighted by Gasteiger charge is -2.19. The summed E-state index contributed by atoms with van der Waals surface area (Å²) in [5, 5.41) is 3.20. The summed E-state index contributed by atoms with van der Waals surface area (Å²) in [6.07, 6.45) is 1.04. The van der Waals surface area contributed by atoms with Gasteiger partial charge in [0, 0.05) is 17.1 Å². The van der Waals surface area contributed by atoms with E-state index in [-0.39, 0.29) is 5.82 Å². The van der Waals surface area contributed by atoms with E-state index < -0.39 is 11.7 Å². The number of aromatic amines is 1. The van der Waals surface area contributed by atoms with E-state index in [9.17, 15) is 9.18 Å². The highest BCUT2D eigenvalue weighted by Gasteiger charge is 2.17. The van der Waals surface area contributed by atoms with Crippen LogP contribution in [0.1, 0.15) is 20.8 Å². The molecule has 0 saturated carbocycles. The van der Waals surface area contributed by atoms with Gasteiger partial charge in [0.05, 0.1) is 5.69 Å². The SMILES string of the molecule is CC(C)(C)OC(=O)Nc1c[nH]c2ccc(F)cc12. The van der Waals surface area contributed by atoms with E-state index in [1.54, 1.807) is 33.0 Å². The van der Waals surface area contributed by atoms with Crippen molar-refractivity contribution in [3.63, 3.8) is 0 Å². The summed E-state index contributed by atoms with van der Waals surface area (Å²) in [6, 6.07) is 4.33. The van der Waals surface area contributed by atoms with Crippen LogP contribution in [0.3, 0.4) is 0 Å². The second-order valence-corrected chi connectivity index (χ2v) is 5.02. The number of anilines is 1.